The highest BCUT2D eigenvalue weighted by molar-refractivity contribution is 14.1. The third kappa shape index (κ3) is 1.95. The second-order valence-electron chi connectivity index (χ2n) is 4.15. The van der Waals surface area contributed by atoms with Crippen molar-refractivity contribution in [3.8, 4) is 0 Å². The van der Waals surface area contributed by atoms with Crippen LogP contribution in [0, 0.1) is 11.8 Å². The van der Waals surface area contributed by atoms with Gasteiger partial charge in [-0.1, -0.05) is 48.3 Å². The van der Waals surface area contributed by atoms with E-state index in [0.717, 1.165) is 18.4 Å². The summed E-state index contributed by atoms with van der Waals surface area (Å²) >= 11 is 2.44. The van der Waals surface area contributed by atoms with E-state index >= 15 is 0 Å². The van der Waals surface area contributed by atoms with Crippen LogP contribution in [-0.4, -0.2) is 17.1 Å². The van der Waals surface area contributed by atoms with Crippen molar-refractivity contribution in [2.45, 2.75) is 38.2 Å². The highest BCUT2D eigenvalue weighted by Gasteiger charge is 2.32. The van der Waals surface area contributed by atoms with Crippen molar-refractivity contribution in [2.24, 2.45) is 11.8 Å². The Morgan fingerprint density at radius 3 is 2.50 bits per heavy atom. The van der Waals surface area contributed by atoms with E-state index in [0.29, 0.717) is 6.10 Å². The molecule has 0 aromatic carbocycles. The third-order valence-corrected chi connectivity index (χ3v) is 4.33. The van der Waals surface area contributed by atoms with E-state index < -0.39 is 0 Å². The summed E-state index contributed by atoms with van der Waals surface area (Å²) in [7, 11) is 0. The zero-order chi connectivity index (χ0) is 8.39. The minimum Gasteiger partial charge on any atom is -0.377 e. The van der Waals surface area contributed by atoms with Crippen LogP contribution >= 0.6 is 22.6 Å². The van der Waals surface area contributed by atoms with E-state index in [1.54, 1.807) is 0 Å². The average Bonchev–Trinajstić information content (AvgIpc) is 2.75. The molecule has 2 heteroatoms. The van der Waals surface area contributed by atoms with Crippen LogP contribution in [0.15, 0.2) is 0 Å². The fourth-order valence-corrected chi connectivity index (χ4v) is 3.21. The van der Waals surface area contributed by atoms with Crippen LogP contribution in [0.1, 0.15) is 32.1 Å². The molecule has 12 heavy (non-hydrogen) atoms. The SMILES string of the molecule is IC[C@H]1C[C@H](C2CCCC2)CO1. The molecule has 1 heterocycles. The van der Waals surface area contributed by atoms with Crippen LogP contribution in [0.2, 0.25) is 0 Å². The smallest absolute Gasteiger partial charge is 0.0668 e. The molecule has 0 amide bonds. The van der Waals surface area contributed by atoms with Crippen molar-refractivity contribution < 1.29 is 4.74 Å². The molecule has 1 saturated heterocycles. The Labute approximate surface area is 88.4 Å². The summed E-state index contributed by atoms with van der Waals surface area (Å²) in [4.78, 5) is 0. The van der Waals surface area contributed by atoms with Crippen LogP contribution < -0.4 is 0 Å². The number of rotatable bonds is 2. The molecule has 0 N–H and O–H groups in total. The monoisotopic (exact) mass is 280 g/mol. The lowest BCUT2D eigenvalue weighted by atomic mass is 9.89. The van der Waals surface area contributed by atoms with Crippen molar-refractivity contribution >= 4 is 22.6 Å². The minimum absolute atomic E-state index is 0.580. The highest BCUT2D eigenvalue weighted by Crippen LogP contribution is 2.37. The van der Waals surface area contributed by atoms with E-state index in [1.807, 2.05) is 0 Å². The highest BCUT2D eigenvalue weighted by atomic mass is 127. The molecule has 1 nitrogen and oxygen atoms in total. The number of alkyl halides is 1. The van der Waals surface area contributed by atoms with Crippen molar-refractivity contribution in [3.63, 3.8) is 0 Å². The Hall–Kier alpha value is 0.690. The van der Waals surface area contributed by atoms with Crippen molar-refractivity contribution in [3.05, 3.63) is 0 Å². The number of hydrogen-bond acceptors (Lipinski definition) is 1. The summed E-state index contributed by atoms with van der Waals surface area (Å²) in [6, 6.07) is 0. The summed E-state index contributed by atoms with van der Waals surface area (Å²) in [6.07, 6.45) is 7.81. The molecule has 1 aliphatic heterocycles. The molecule has 70 valence electrons. The summed E-state index contributed by atoms with van der Waals surface area (Å²) < 4.78 is 6.90. The molecule has 0 aromatic heterocycles. The lowest BCUT2D eigenvalue weighted by Crippen LogP contribution is -2.11. The molecule has 1 aliphatic carbocycles. The molecule has 1 saturated carbocycles. The number of hydrogen-bond donors (Lipinski definition) is 0. The van der Waals surface area contributed by atoms with Gasteiger partial charge in [-0.15, -0.1) is 0 Å². The first-order valence-corrected chi connectivity index (χ1v) is 6.60. The molecule has 2 rings (SSSR count). The van der Waals surface area contributed by atoms with Gasteiger partial charge in [0.05, 0.1) is 12.7 Å². The van der Waals surface area contributed by atoms with Gasteiger partial charge in [-0.2, -0.15) is 0 Å². The molecule has 0 aromatic rings. The average molecular weight is 280 g/mol. The van der Waals surface area contributed by atoms with Crippen LogP contribution in [0.3, 0.4) is 0 Å². The van der Waals surface area contributed by atoms with Gasteiger partial charge in [0.15, 0.2) is 0 Å². The molecule has 0 unspecified atom stereocenters. The van der Waals surface area contributed by atoms with E-state index in [1.165, 1.54) is 36.5 Å². The Balaban J connectivity index is 1.81. The van der Waals surface area contributed by atoms with E-state index in [9.17, 15) is 0 Å². The summed E-state index contributed by atoms with van der Waals surface area (Å²) in [5, 5.41) is 0. The molecule has 2 atom stereocenters. The second-order valence-corrected chi connectivity index (χ2v) is 5.03. The summed E-state index contributed by atoms with van der Waals surface area (Å²) in [5.74, 6) is 1.92. The first-order valence-electron chi connectivity index (χ1n) is 5.07. The fourth-order valence-electron chi connectivity index (χ4n) is 2.60. The maximum Gasteiger partial charge on any atom is 0.0668 e. The first kappa shape index (κ1) is 9.25. The normalized spacial score (nSPS) is 37.8. The quantitative estimate of drug-likeness (QED) is 0.558. The van der Waals surface area contributed by atoms with Crippen LogP contribution in [-0.2, 0) is 4.74 Å². The number of ether oxygens (including phenoxy) is 1. The van der Waals surface area contributed by atoms with Gasteiger partial charge in [0.1, 0.15) is 0 Å². The minimum atomic E-state index is 0.580. The molecule has 2 aliphatic rings. The van der Waals surface area contributed by atoms with Crippen molar-refractivity contribution in [2.75, 3.05) is 11.0 Å². The maximum absolute atomic E-state index is 5.72. The predicted octanol–water partition coefficient (Wildman–Crippen LogP) is 3.02. The standard InChI is InChI=1S/C10H17IO/c11-6-10-5-9(7-12-10)8-3-1-2-4-8/h8-10H,1-7H2/t9-,10+/m0/s1. The Morgan fingerprint density at radius 2 is 1.92 bits per heavy atom. The fraction of sp³-hybridized carbons (Fsp3) is 1.00. The van der Waals surface area contributed by atoms with Crippen molar-refractivity contribution in [1.29, 1.82) is 0 Å². The van der Waals surface area contributed by atoms with Crippen molar-refractivity contribution in [1.82, 2.24) is 0 Å². The van der Waals surface area contributed by atoms with Gasteiger partial charge in [0.2, 0.25) is 0 Å². The third-order valence-electron chi connectivity index (χ3n) is 3.35. The molecule has 0 bridgehead atoms. The van der Waals surface area contributed by atoms with Gasteiger partial charge >= 0.3 is 0 Å². The summed E-state index contributed by atoms with van der Waals surface area (Å²) in [5.41, 5.74) is 0. The van der Waals surface area contributed by atoms with E-state index in [-0.39, 0.29) is 0 Å². The summed E-state index contributed by atoms with van der Waals surface area (Å²) in [6.45, 7) is 1.05. The predicted molar refractivity (Wildman–Crippen MR) is 58.7 cm³/mol. The maximum atomic E-state index is 5.72. The Kier molecular flexibility index (Phi) is 3.29. The van der Waals surface area contributed by atoms with Gasteiger partial charge in [-0.25, -0.2) is 0 Å². The van der Waals surface area contributed by atoms with Crippen LogP contribution in [0.25, 0.3) is 0 Å². The Morgan fingerprint density at radius 1 is 1.17 bits per heavy atom. The second kappa shape index (κ2) is 4.27. The molecular formula is C10H17IO. The largest absolute Gasteiger partial charge is 0.377 e. The van der Waals surface area contributed by atoms with Crippen LogP contribution in [0.4, 0.5) is 0 Å². The van der Waals surface area contributed by atoms with E-state index in [2.05, 4.69) is 22.6 Å². The van der Waals surface area contributed by atoms with Gasteiger partial charge in [0.25, 0.3) is 0 Å². The van der Waals surface area contributed by atoms with Gasteiger partial charge in [-0.3, -0.25) is 0 Å². The molecule has 0 spiro atoms. The van der Waals surface area contributed by atoms with Gasteiger partial charge < -0.3 is 4.74 Å². The zero-order valence-corrected chi connectivity index (χ0v) is 9.63. The first-order chi connectivity index (χ1) is 5.90. The van der Waals surface area contributed by atoms with Gasteiger partial charge in [-0.05, 0) is 18.3 Å². The van der Waals surface area contributed by atoms with Crippen LogP contribution in [0.5, 0.6) is 0 Å². The lowest BCUT2D eigenvalue weighted by Gasteiger charge is -2.15. The molecule has 2 fully saturated rings. The van der Waals surface area contributed by atoms with E-state index in [4.69, 9.17) is 4.74 Å². The van der Waals surface area contributed by atoms with Gasteiger partial charge in [0, 0.05) is 4.43 Å². The topological polar surface area (TPSA) is 9.23 Å². The lowest BCUT2D eigenvalue weighted by molar-refractivity contribution is 0.120. The molecule has 0 radical (unpaired) electrons. The Bertz CT molecular complexity index is 143. The zero-order valence-electron chi connectivity index (χ0n) is 7.47. The molecular weight excluding hydrogens is 263 g/mol. The number of halogens is 1.